The van der Waals surface area contributed by atoms with Crippen LogP contribution < -0.4 is 0 Å². The molecule has 0 radical (unpaired) electrons. The molecule has 0 bridgehead atoms. The van der Waals surface area contributed by atoms with Crippen molar-refractivity contribution in [3.8, 4) is 0 Å². The van der Waals surface area contributed by atoms with Crippen molar-refractivity contribution >= 4 is 96.3 Å². The number of hydrogen-bond donors (Lipinski definition) is 1. The van der Waals surface area contributed by atoms with Crippen LogP contribution in [-0.4, -0.2) is 39.0 Å². The average Bonchev–Trinajstić information content (AvgIpc) is 2.64. The lowest BCUT2D eigenvalue weighted by Gasteiger charge is -2.51. The van der Waals surface area contributed by atoms with Crippen LogP contribution in [0, 0.1) is 35.5 Å². The van der Waals surface area contributed by atoms with E-state index in [-0.39, 0.29) is 12.5 Å². The predicted molar refractivity (Wildman–Crippen MR) is 151 cm³/mol. The van der Waals surface area contributed by atoms with Gasteiger partial charge in [-0.05, 0) is 41.9 Å². The first-order valence-electron chi connectivity index (χ1n) is 10.5. The number of rotatable bonds is 6. The van der Waals surface area contributed by atoms with Crippen LogP contribution >= 0.6 is 90.4 Å². The monoisotopic (exact) mass is 842 g/mol. The zero-order valence-corrected chi connectivity index (χ0v) is 26.0. The van der Waals surface area contributed by atoms with Crippen LogP contribution in [0.25, 0.3) is 0 Å². The van der Waals surface area contributed by atoms with Crippen LogP contribution in [0.1, 0.15) is 53.9 Å². The molecule has 7 heteroatoms. The molecule has 28 heavy (non-hydrogen) atoms. The van der Waals surface area contributed by atoms with E-state index >= 15 is 0 Å². The van der Waals surface area contributed by atoms with Crippen molar-refractivity contribution in [2.45, 2.75) is 81.8 Å². The molecule has 0 aromatic carbocycles. The smallest absolute Gasteiger partial charge is 0.303 e. The second-order valence-electron chi connectivity index (χ2n) is 8.95. The number of carboxylic acids is 1. The number of alkyl halides is 4. The summed E-state index contributed by atoms with van der Waals surface area (Å²) in [6.45, 7) is 11.7. The molecule has 2 aliphatic rings. The molecule has 0 heterocycles. The van der Waals surface area contributed by atoms with Crippen molar-refractivity contribution < 1.29 is 14.6 Å². The van der Waals surface area contributed by atoms with Gasteiger partial charge >= 0.3 is 5.97 Å². The van der Waals surface area contributed by atoms with Gasteiger partial charge in [0.15, 0.2) is 0 Å². The Morgan fingerprint density at radius 2 is 1.25 bits per heavy atom. The Bertz CT molecular complexity index is 502. The van der Waals surface area contributed by atoms with E-state index in [0.717, 1.165) is 12.3 Å². The Labute approximate surface area is 225 Å². The van der Waals surface area contributed by atoms with Crippen LogP contribution in [0.3, 0.4) is 0 Å². The quantitative estimate of drug-likeness (QED) is 0.231. The number of ether oxygens (including phenoxy) is 1. The Morgan fingerprint density at radius 3 is 1.64 bits per heavy atom. The zero-order chi connectivity index (χ0) is 21.3. The van der Waals surface area contributed by atoms with E-state index in [9.17, 15) is 4.79 Å². The molecule has 0 aliphatic heterocycles. The van der Waals surface area contributed by atoms with Gasteiger partial charge in [-0.25, -0.2) is 0 Å². The molecule has 0 aromatic rings. The largest absolute Gasteiger partial charge is 0.481 e. The highest BCUT2D eigenvalue weighted by Gasteiger charge is 2.50. The highest BCUT2D eigenvalue weighted by Crippen LogP contribution is 2.49. The molecule has 2 saturated carbocycles. The third kappa shape index (κ3) is 5.63. The van der Waals surface area contributed by atoms with Gasteiger partial charge in [-0.3, -0.25) is 4.79 Å². The van der Waals surface area contributed by atoms with E-state index in [4.69, 9.17) is 9.84 Å². The summed E-state index contributed by atoms with van der Waals surface area (Å²) >= 11 is 10.5. The first-order valence-corrected chi connectivity index (χ1v) is 15.4. The first-order chi connectivity index (χ1) is 13.0. The zero-order valence-electron chi connectivity index (χ0n) is 17.3. The minimum atomic E-state index is -0.677. The van der Waals surface area contributed by atoms with Crippen molar-refractivity contribution in [1.82, 2.24) is 0 Å². The fourth-order valence-corrected chi connectivity index (χ4v) is 12.0. The maximum absolute atomic E-state index is 11.1. The molecule has 0 saturated heterocycles. The number of halogens is 4. The fraction of sp³-hybridized carbons (Fsp3) is 0.952. The molecule has 3 nitrogen and oxygen atoms in total. The number of aliphatic carboxylic acids is 1. The van der Waals surface area contributed by atoms with Gasteiger partial charge in [0.2, 0.25) is 0 Å². The SMILES string of the molecule is CCC1C(I)C(C)C(OC2C(I)C(C)C(CCC(=O)O)C(C)C2I)C(C)C1I. The number of hydrogen-bond acceptors (Lipinski definition) is 2. The Kier molecular flexibility index (Phi) is 10.9. The van der Waals surface area contributed by atoms with E-state index in [1.165, 1.54) is 6.42 Å². The van der Waals surface area contributed by atoms with Gasteiger partial charge in [-0.2, -0.15) is 0 Å². The van der Waals surface area contributed by atoms with Gasteiger partial charge in [-0.1, -0.05) is 131 Å². The third-order valence-electron chi connectivity index (χ3n) is 7.32. The van der Waals surface area contributed by atoms with E-state index < -0.39 is 5.97 Å². The maximum Gasteiger partial charge on any atom is 0.303 e. The molecule has 164 valence electrons. The third-order valence-corrected chi connectivity index (χ3v) is 15.1. The van der Waals surface area contributed by atoms with E-state index in [1.54, 1.807) is 0 Å². The molecule has 0 aromatic heterocycles. The predicted octanol–water partition coefficient (Wildman–Crippen LogP) is 7.03. The minimum absolute atomic E-state index is 0.243. The van der Waals surface area contributed by atoms with E-state index in [0.29, 0.717) is 51.4 Å². The number of carbonyl (C=O) groups is 1. The van der Waals surface area contributed by atoms with Gasteiger partial charge in [0.1, 0.15) is 0 Å². The second kappa shape index (κ2) is 11.5. The minimum Gasteiger partial charge on any atom is -0.481 e. The average molecular weight is 842 g/mol. The van der Waals surface area contributed by atoms with Crippen molar-refractivity contribution in [3.05, 3.63) is 0 Å². The van der Waals surface area contributed by atoms with Crippen molar-refractivity contribution in [2.24, 2.45) is 35.5 Å². The maximum atomic E-state index is 11.1. The summed E-state index contributed by atoms with van der Waals surface area (Å²) in [4.78, 5) is 11.1. The summed E-state index contributed by atoms with van der Waals surface area (Å²) in [6.07, 6.45) is 2.85. The summed E-state index contributed by atoms with van der Waals surface area (Å²) in [6, 6.07) is 0. The highest BCUT2D eigenvalue weighted by molar-refractivity contribution is 14.1. The van der Waals surface area contributed by atoms with Gasteiger partial charge in [0.05, 0.1) is 12.2 Å². The van der Waals surface area contributed by atoms with Crippen molar-refractivity contribution in [2.75, 3.05) is 0 Å². The van der Waals surface area contributed by atoms with Crippen LogP contribution in [0.15, 0.2) is 0 Å². The Balaban J connectivity index is 2.16. The molecule has 2 fully saturated rings. The highest BCUT2D eigenvalue weighted by atomic mass is 127. The summed E-state index contributed by atoms with van der Waals surface area (Å²) in [5.41, 5.74) is 0. The lowest BCUT2D eigenvalue weighted by molar-refractivity contribution is -0.137. The van der Waals surface area contributed by atoms with Gasteiger partial charge in [0, 0.05) is 22.1 Å². The summed E-state index contributed by atoms with van der Waals surface area (Å²) in [5.74, 6) is 2.64. The lowest BCUT2D eigenvalue weighted by Crippen LogP contribution is -2.56. The first kappa shape index (κ1) is 26.6. The standard InChI is InChI=1S/C21H34I4O3/c1-6-13-16(22)11(4)20(12(5)17(13)23)28-21-18(24)9(2)14(7-8-15(26)27)10(3)19(21)25/h9-14,16-21H,6-8H2,1-5H3,(H,26,27). The summed E-state index contributed by atoms with van der Waals surface area (Å²) in [5, 5.41) is 9.14. The Morgan fingerprint density at radius 1 is 0.786 bits per heavy atom. The molecular formula is C21H34I4O3. The molecule has 0 spiro atoms. The molecule has 8 unspecified atom stereocenters. The molecule has 1 N–H and O–H groups in total. The van der Waals surface area contributed by atoms with Gasteiger partial charge in [-0.15, -0.1) is 0 Å². The summed E-state index contributed by atoms with van der Waals surface area (Å²) in [7, 11) is 0. The van der Waals surface area contributed by atoms with Crippen LogP contribution in [0.4, 0.5) is 0 Å². The van der Waals surface area contributed by atoms with Gasteiger partial charge in [0.25, 0.3) is 0 Å². The van der Waals surface area contributed by atoms with Crippen LogP contribution in [0.2, 0.25) is 0 Å². The summed E-state index contributed by atoms with van der Waals surface area (Å²) < 4.78 is 9.17. The second-order valence-corrected chi connectivity index (χ2v) is 14.7. The molecule has 0 amide bonds. The van der Waals surface area contributed by atoms with E-state index in [1.807, 2.05) is 0 Å². The van der Waals surface area contributed by atoms with Crippen molar-refractivity contribution in [1.29, 1.82) is 0 Å². The van der Waals surface area contributed by atoms with Crippen molar-refractivity contribution in [3.63, 3.8) is 0 Å². The molecular weight excluding hydrogens is 808 g/mol. The molecule has 2 rings (SSSR count). The van der Waals surface area contributed by atoms with E-state index in [2.05, 4.69) is 125 Å². The molecule has 2 aliphatic carbocycles. The topological polar surface area (TPSA) is 46.5 Å². The van der Waals surface area contributed by atoms with Crippen LogP contribution in [0.5, 0.6) is 0 Å². The lowest BCUT2D eigenvalue weighted by atomic mass is 9.69. The normalized spacial score (nSPS) is 49.8. The Hall–Kier alpha value is 2.35. The van der Waals surface area contributed by atoms with Gasteiger partial charge < -0.3 is 9.84 Å². The molecule has 8 atom stereocenters. The number of carboxylic acid groups (broad SMARTS) is 1. The van der Waals surface area contributed by atoms with Crippen LogP contribution in [-0.2, 0) is 9.53 Å². The fourth-order valence-electron chi connectivity index (χ4n) is 5.37.